The first-order valence-electron chi connectivity index (χ1n) is 8.18. The predicted octanol–water partition coefficient (Wildman–Crippen LogP) is 3.08. The third-order valence-corrected chi connectivity index (χ3v) is 6.28. The van der Waals surface area contributed by atoms with Gasteiger partial charge in [-0.05, 0) is 41.3 Å². The number of pyridine rings is 1. The van der Waals surface area contributed by atoms with Crippen LogP contribution in [0.25, 0.3) is 10.4 Å². The highest BCUT2D eigenvalue weighted by atomic mass is 32.2. The number of nitrogens with zero attached hydrogens (tertiary/aromatic N) is 1. The summed E-state index contributed by atoms with van der Waals surface area (Å²) in [5, 5.41) is 1.96. The first kappa shape index (κ1) is 20.0. The molecule has 9 heteroatoms. The van der Waals surface area contributed by atoms with Crippen LogP contribution in [0.1, 0.15) is 15.9 Å². The highest BCUT2D eigenvalue weighted by molar-refractivity contribution is 7.89. The van der Waals surface area contributed by atoms with Crippen LogP contribution < -0.4 is 9.46 Å². The lowest BCUT2D eigenvalue weighted by Gasteiger charge is -2.12. The summed E-state index contributed by atoms with van der Waals surface area (Å²) >= 11 is 1.58. The molecule has 146 valence electrons. The fraction of sp³-hybridized carbons (Fsp3) is 0.158. The Morgan fingerprint density at radius 3 is 2.68 bits per heavy atom. The topological polar surface area (TPSA) is 94.6 Å². The van der Waals surface area contributed by atoms with Crippen molar-refractivity contribution in [3.05, 3.63) is 65.3 Å². The van der Waals surface area contributed by atoms with Gasteiger partial charge in [-0.25, -0.2) is 17.9 Å². The molecule has 3 rings (SSSR count). The first-order valence-corrected chi connectivity index (χ1v) is 10.5. The number of rotatable bonds is 7. The van der Waals surface area contributed by atoms with Gasteiger partial charge in [0.1, 0.15) is 10.6 Å². The van der Waals surface area contributed by atoms with Crippen LogP contribution in [-0.4, -0.2) is 33.6 Å². The Balaban J connectivity index is 1.85. The molecule has 0 atom stereocenters. The number of esters is 1. The average Bonchev–Trinajstić information content (AvgIpc) is 3.26. The standard InChI is InChI=1S/C19H18N2O5S2/c1-25-16-6-5-14(19(22)26-2)9-18(16)28(23,24)21-11-13-8-15(12-20-10-13)17-4-3-7-27-17/h3-10,12,21H,11H2,1-2H3. The molecular formula is C19H18N2O5S2. The molecule has 2 heterocycles. The molecule has 0 amide bonds. The Labute approximate surface area is 167 Å². The van der Waals surface area contributed by atoms with Crippen LogP contribution in [-0.2, 0) is 21.3 Å². The van der Waals surface area contributed by atoms with Gasteiger partial charge in [0.2, 0.25) is 10.0 Å². The molecule has 0 bridgehead atoms. The van der Waals surface area contributed by atoms with Crippen molar-refractivity contribution in [3.63, 3.8) is 0 Å². The van der Waals surface area contributed by atoms with Crippen LogP contribution in [0.5, 0.6) is 5.75 Å². The Morgan fingerprint density at radius 1 is 1.18 bits per heavy atom. The van der Waals surface area contributed by atoms with Crippen LogP contribution in [0.2, 0.25) is 0 Å². The maximum absolute atomic E-state index is 12.8. The molecule has 1 aromatic carbocycles. The van der Waals surface area contributed by atoms with E-state index in [0.717, 1.165) is 10.4 Å². The number of sulfonamides is 1. The van der Waals surface area contributed by atoms with Crippen molar-refractivity contribution in [1.82, 2.24) is 9.71 Å². The number of hydrogen-bond donors (Lipinski definition) is 1. The summed E-state index contributed by atoms with van der Waals surface area (Å²) < 4.78 is 37.9. The van der Waals surface area contributed by atoms with Gasteiger partial charge in [0.25, 0.3) is 0 Å². The van der Waals surface area contributed by atoms with Crippen molar-refractivity contribution in [2.75, 3.05) is 14.2 Å². The molecule has 0 unspecified atom stereocenters. The zero-order valence-electron chi connectivity index (χ0n) is 15.2. The van der Waals surface area contributed by atoms with Gasteiger partial charge in [-0.2, -0.15) is 0 Å². The summed E-state index contributed by atoms with van der Waals surface area (Å²) in [5.74, 6) is -0.502. The summed E-state index contributed by atoms with van der Waals surface area (Å²) in [7, 11) is -1.35. The van der Waals surface area contributed by atoms with Gasteiger partial charge in [-0.3, -0.25) is 4.98 Å². The molecule has 0 fully saturated rings. The monoisotopic (exact) mass is 418 g/mol. The molecule has 28 heavy (non-hydrogen) atoms. The lowest BCUT2D eigenvalue weighted by molar-refractivity contribution is 0.0600. The van der Waals surface area contributed by atoms with Crippen molar-refractivity contribution in [3.8, 4) is 16.2 Å². The van der Waals surface area contributed by atoms with Crippen LogP contribution in [0.15, 0.2) is 59.1 Å². The number of benzene rings is 1. The number of nitrogens with one attached hydrogen (secondary N) is 1. The number of thiophene rings is 1. The molecule has 1 N–H and O–H groups in total. The largest absolute Gasteiger partial charge is 0.495 e. The molecule has 0 radical (unpaired) electrons. The van der Waals surface area contributed by atoms with Crippen LogP contribution >= 0.6 is 11.3 Å². The molecule has 0 aliphatic rings. The summed E-state index contributed by atoms with van der Waals surface area (Å²) in [5.41, 5.74) is 1.74. The number of carbonyl (C=O) groups excluding carboxylic acids is 1. The summed E-state index contributed by atoms with van der Waals surface area (Å²) in [6.45, 7) is 0.0418. The normalized spacial score (nSPS) is 11.2. The number of ether oxygens (including phenoxy) is 2. The fourth-order valence-electron chi connectivity index (χ4n) is 2.55. The van der Waals surface area contributed by atoms with Crippen LogP contribution in [0.3, 0.4) is 0 Å². The van der Waals surface area contributed by atoms with E-state index in [1.54, 1.807) is 23.7 Å². The SMILES string of the molecule is COC(=O)c1ccc(OC)c(S(=O)(=O)NCc2cncc(-c3cccs3)c2)c1. The van der Waals surface area contributed by atoms with Gasteiger partial charge < -0.3 is 9.47 Å². The molecular weight excluding hydrogens is 400 g/mol. The maximum atomic E-state index is 12.8. The number of carbonyl (C=O) groups is 1. The highest BCUT2D eigenvalue weighted by Crippen LogP contribution is 2.26. The van der Waals surface area contributed by atoms with E-state index in [2.05, 4.69) is 14.4 Å². The predicted molar refractivity (Wildman–Crippen MR) is 106 cm³/mol. The van der Waals surface area contributed by atoms with Gasteiger partial charge >= 0.3 is 5.97 Å². The van der Waals surface area contributed by atoms with E-state index >= 15 is 0 Å². The van der Waals surface area contributed by atoms with E-state index in [-0.39, 0.29) is 22.8 Å². The Hall–Kier alpha value is -2.75. The summed E-state index contributed by atoms with van der Waals surface area (Å²) in [6, 6.07) is 9.88. The summed E-state index contributed by atoms with van der Waals surface area (Å²) in [6.07, 6.45) is 3.33. The van der Waals surface area contributed by atoms with Crippen molar-refractivity contribution >= 4 is 27.3 Å². The average molecular weight is 418 g/mol. The van der Waals surface area contributed by atoms with Crippen LogP contribution in [0.4, 0.5) is 0 Å². The van der Waals surface area contributed by atoms with E-state index in [9.17, 15) is 13.2 Å². The Bertz CT molecular complexity index is 1080. The minimum atomic E-state index is -3.94. The number of hydrogen-bond acceptors (Lipinski definition) is 7. The van der Waals surface area contributed by atoms with E-state index in [1.807, 2.05) is 23.6 Å². The number of aromatic nitrogens is 1. The fourth-order valence-corrected chi connectivity index (χ4v) is 4.47. The quantitative estimate of drug-likeness (QED) is 0.593. The highest BCUT2D eigenvalue weighted by Gasteiger charge is 2.22. The van der Waals surface area contributed by atoms with Gasteiger partial charge in [0.15, 0.2) is 0 Å². The molecule has 0 saturated heterocycles. The lowest BCUT2D eigenvalue weighted by Crippen LogP contribution is -2.24. The molecule has 2 aromatic heterocycles. The van der Waals surface area contributed by atoms with Gasteiger partial charge in [0, 0.05) is 29.4 Å². The molecule has 7 nitrogen and oxygen atoms in total. The summed E-state index contributed by atoms with van der Waals surface area (Å²) in [4.78, 5) is 16.8. The van der Waals surface area contributed by atoms with E-state index in [1.165, 1.54) is 32.4 Å². The Morgan fingerprint density at radius 2 is 2.00 bits per heavy atom. The van der Waals surface area contributed by atoms with Crippen molar-refractivity contribution in [1.29, 1.82) is 0 Å². The Kier molecular flexibility index (Phi) is 6.08. The third-order valence-electron chi connectivity index (χ3n) is 3.94. The second kappa shape index (κ2) is 8.51. The first-order chi connectivity index (χ1) is 13.4. The second-order valence-corrected chi connectivity index (χ2v) is 8.42. The minimum absolute atomic E-state index is 0.0418. The van der Waals surface area contributed by atoms with Gasteiger partial charge in [-0.15, -0.1) is 11.3 Å². The molecule has 0 aliphatic heterocycles. The van der Waals surface area contributed by atoms with Crippen molar-refractivity contribution < 1.29 is 22.7 Å². The molecule has 0 spiro atoms. The van der Waals surface area contributed by atoms with Crippen LogP contribution in [0, 0.1) is 0 Å². The van der Waals surface area contributed by atoms with E-state index in [4.69, 9.17) is 4.74 Å². The number of methoxy groups -OCH3 is 2. The smallest absolute Gasteiger partial charge is 0.337 e. The van der Waals surface area contributed by atoms with Gasteiger partial charge in [-0.1, -0.05) is 6.07 Å². The zero-order valence-corrected chi connectivity index (χ0v) is 16.8. The molecule has 3 aromatic rings. The van der Waals surface area contributed by atoms with E-state index in [0.29, 0.717) is 5.56 Å². The van der Waals surface area contributed by atoms with Gasteiger partial charge in [0.05, 0.1) is 19.8 Å². The maximum Gasteiger partial charge on any atom is 0.337 e. The zero-order chi connectivity index (χ0) is 20.1. The molecule has 0 aliphatic carbocycles. The van der Waals surface area contributed by atoms with Crippen molar-refractivity contribution in [2.24, 2.45) is 0 Å². The second-order valence-electron chi connectivity index (χ2n) is 5.74. The lowest BCUT2D eigenvalue weighted by atomic mass is 10.2. The van der Waals surface area contributed by atoms with Crippen molar-refractivity contribution in [2.45, 2.75) is 11.4 Å². The molecule has 0 saturated carbocycles. The van der Waals surface area contributed by atoms with E-state index < -0.39 is 16.0 Å². The third kappa shape index (κ3) is 4.38. The minimum Gasteiger partial charge on any atom is -0.495 e.